The minimum Gasteiger partial charge on any atom is -0.489 e. The van der Waals surface area contributed by atoms with E-state index in [1.807, 2.05) is 56.3 Å². The van der Waals surface area contributed by atoms with Crippen molar-refractivity contribution in [2.75, 3.05) is 0 Å². The number of hydrogen-bond acceptors (Lipinski definition) is 3. The fourth-order valence-corrected chi connectivity index (χ4v) is 1.98. The number of nitrogens with two attached hydrogens (primary N) is 1. The zero-order chi connectivity index (χ0) is 14.5. The molecule has 102 valence electrons. The molecular weight excluding hydrogens is 248 g/mol. The van der Waals surface area contributed by atoms with Gasteiger partial charge in [0, 0.05) is 6.04 Å². The van der Waals surface area contributed by atoms with Crippen LogP contribution in [0.25, 0.3) is 0 Å². The molecule has 0 saturated carbocycles. The number of aryl methyl sites for hydroxylation is 1. The van der Waals surface area contributed by atoms with Crippen molar-refractivity contribution in [2.24, 2.45) is 5.73 Å². The Morgan fingerprint density at radius 2 is 2.05 bits per heavy atom. The summed E-state index contributed by atoms with van der Waals surface area (Å²) in [4.78, 5) is 0. The number of rotatable bonds is 4. The number of nitrogens with zero attached hydrogens (tertiary/aromatic N) is 1. The monoisotopic (exact) mass is 266 g/mol. The molecule has 0 aromatic heterocycles. The molecule has 2 aromatic rings. The normalized spacial score (nSPS) is 11.7. The van der Waals surface area contributed by atoms with Gasteiger partial charge >= 0.3 is 0 Å². The first-order valence-corrected chi connectivity index (χ1v) is 6.58. The van der Waals surface area contributed by atoms with Crippen LogP contribution in [0.15, 0.2) is 42.5 Å². The SMILES string of the molecule is Cc1cc(C#N)ccc1COc1cccc(C(C)N)c1. The average molecular weight is 266 g/mol. The summed E-state index contributed by atoms with van der Waals surface area (Å²) in [5.41, 5.74) is 9.73. The predicted octanol–water partition coefficient (Wildman–Crippen LogP) is 3.47. The summed E-state index contributed by atoms with van der Waals surface area (Å²) in [6, 6.07) is 15.6. The molecule has 0 radical (unpaired) electrons. The minimum atomic E-state index is -0.00445. The lowest BCUT2D eigenvalue weighted by Gasteiger charge is -2.11. The van der Waals surface area contributed by atoms with Crippen LogP contribution in [-0.4, -0.2) is 0 Å². The Morgan fingerprint density at radius 3 is 2.70 bits per heavy atom. The van der Waals surface area contributed by atoms with Gasteiger partial charge in [0.05, 0.1) is 11.6 Å². The molecule has 2 rings (SSSR count). The van der Waals surface area contributed by atoms with Crippen molar-refractivity contribution < 1.29 is 4.74 Å². The molecule has 0 aliphatic rings. The minimum absolute atomic E-state index is 0.00445. The van der Waals surface area contributed by atoms with Crippen LogP contribution in [0.4, 0.5) is 0 Å². The zero-order valence-corrected chi connectivity index (χ0v) is 11.8. The summed E-state index contributed by atoms with van der Waals surface area (Å²) < 4.78 is 5.80. The van der Waals surface area contributed by atoms with Gasteiger partial charge in [-0.05, 0) is 54.8 Å². The predicted molar refractivity (Wildman–Crippen MR) is 79.3 cm³/mol. The number of ether oxygens (including phenoxy) is 1. The summed E-state index contributed by atoms with van der Waals surface area (Å²) in [6.07, 6.45) is 0. The van der Waals surface area contributed by atoms with Crippen molar-refractivity contribution in [3.63, 3.8) is 0 Å². The van der Waals surface area contributed by atoms with E-state index in [-0.39, 0.29) is 6.04 Å². The Bertz CT molecular complexity index is 642. The second-order valence-electron chi connectivity index (χ2n) is 4.90. The first-order chi connectivity index (χ1) is 9.60. The maximum atomic E-state index is 8.85. The summed E-state index contributed by atoms with van der Waals surface area (Å²) in [7, 11) is 0. The first kappa shape index (κ1) is 14.1. The highest BCUT2D eigenvalue weighted by molar-refractivity contribution is 5.37. The van der Waals surface area contributed by atoms with Crippen molar-refractivity contribution in [2.45, 2.75) is 26.5 Å². The van der Waals surface area contributed by atoms with E-state index in [4.69, 9.17) is 15.7 Å². The molecule has 3 heteroatoms. The van der Waals surface area contributed by atoms with Gasteiger partial charge in [0.2, 0.25) is 0 Å². The second kappa shape index (κ2) is 6.23. The molecule has 0 fully saturated rings. The molecular formula is C17H18N2O. The molecule has 1 atom stereocenters. The van der Waals surface area contributed by atoms with E-state index < -0.39 is 0 Å². The van der Waals surface area contributed by atoms with Gasteiger partial charge in [0.1, 0.15) is 12.4 Å². The van der Waals surface area contributed by atoms with Gasteiger partial charge in [-0.25, -0.2) is 0 Å². The van der Waals surface area contributed by atoms with E-state index in [1.165, 1.54) is 0 Å². The molecule has 0 amide bonds. The molecule has 2 N–H and O–H groups in total. The van der Waals surface area contributed by atoms with E-state index in [1.54, 1.807) is 0 Å². The fraction of sp³-hybridized carbons (Fsp3) is 0.235. The van der Waals surface area contributed by atoms with Crippen LogP contribution in [0.5, 0.6) is 5.75 Å². The number of hydrogen-bond donors (Lipinski definition) is 1. The van der Waals surface area contributed by atoms with Crippen LogP contribution >= 0.6 is 0 Å². The third-order valence-electron chi connectivity index (χ3n) is 3.25. The van der Waals surface area contributed by atoms with E-state index in [2.05, 4.69) is 6.07 Å². The van der Waals surface area contributed by atoms with Gasteiger partial charge in [0.15, 0.2) is 0 Å². The molecule has 0 heterocycles. The quantitative estimate of drug-likeness (QED) is 0.921. The highest BCUT2D eigenvalue weighted by Crippen LogP contribution is 2.19. The van der Waals surface area contributed by atoms with Crippen molar-refractivity contribution in [1.29, 1.82) is 5.26 Å². The Balaban J connectivity index is 2.09. The topological polar surface area (TPSA) is 59.0 Å². The van der Waals surface area contributed by atoms with Crippen molar-refractivity contribution in [1.82, 2.24) is 0 Å². The third kappa shape index (κ3) is 3.37. The summed E-state index contributed by atoms with van der Waals surface area (Å²) in [6.45, 7) is 4.42. The van der Waals surface area contributed by atoms with Crippen LogP contribution in [-0.2, 0) is 6.61 Å². The molecule has 0 spiro atoms. The van der Waals surface area contributed by atoms with Crippen LogP contribution in [0, 0.1) is 18.3 Å². The second-order valence-corrected chi connectivity index (χ2v) is 4.90. The smallest absolute Gasteiger partial charge is 0.120 e. The lowest BCUT2D eigenvalue weighted by atomic mass is 10.1. The van der Waals surface area contributed by atoms with E-state index in [9.17, 15) is 0 Å². The maximum Gasteiger partial charge on any atom is 0.120 e. The van der Waals surface area contributed by atoms with Gasteiger partial charge < -0.3 is 10.5 Å². The van der Waals surface area contributed by atoms with Crippen LogP contribution < -0.4 is 10.5 Å². The highest BCUT2D eigenvalue weighted by Gasteiger charge is 2.04. The molecule has 0 aliphatic heterocycles. The van der Waals surface area contributed by atoms with Gasteiger partial charge in [0.25, 0.3) is 0 Å². The Kier molecular flexibility index (Phi) is 4.39. The van der Waals surface area contributed by atoms with Crippen molar-refractivity contribution in [3.8, 4) is 11.8 Å². The lowest BCUT2D eigenvalue weighted by molar-refractivity contribution is 0.305. The Hall–Kier alpha value is -2.31. The lowest BCUT2D eigenvalue weighted by Crippen LogP contribution is -2.05. The van der Waals surface area contributed by atoms with Crippen molar-refractivity contribution >= 4 is 0 Å². The fourth-order valence-electron chi connectivity index (χ4n) is 1.98. The summed E-state index contributed by atoms with van der Waals surface area (Å²) in [5.74, 6) is 0.809. The molecule has 2 aromatic carbocycles. The van der Waals surface area contributed by atoms with Gasteiger partial charge in [-0.15, -0.1) is 0 Å². The molecule has 1 unspecified atom stereocenters. The maximum absolute atomic E-state index is 8.85. The highest BCUT2D eigenvalue weighted by atomic mass is 16.5. The average Bonchev–Trinajstić information content (AvgIpc) is 2.46. The zero-order valence-electron chi connectivity index (χ0n) is 11.8. The number of nitriles is 1. The van der Waals surface area contributed by atoms with Crippen molar-refractivity contribution in [3.05, 3.63) is 64.7 Å². The van der Waals surface area contributed by atoms with Gasteiger partial charge in [-0.2, -0.15) is 5.26 Å². The Morgan fingerprint density at radius 1 is 1.25 bits per heavy atom. The number of benzene rings is 2. The third-order valence-corrected chi connectivity index (χ3v) is 3.25. The largest absolute Gasteiger partial charge is 0.489 e. The molecule has 0 aliphatic carbocycles. The van der Waals surface area contributed by atoms with Gasteiger partial charge in [-0.3, -0.25) is 0 Å². The van der Waals surface area contributed by atoms with Gasteiger partial charge in [-0.1, -0.05) is 18.2 Å². The molecule has 0 saturated heterocycles. The van der Waals surface area contributed by atoms with E-state index >= 15 is 0 Å². The Labute approximate surface area is 119 Å². The van der Waals surface area contributed by atoms with Crippen LogP contribution in [0.3, 0.4) is 0 Å². The molecule has 3 nitrogen and oxygen atoms in total. The summed E-state index contributed by atoms with van der Waals surface area (Å²) >= 11 is 0. The van der Waals surface area contributed by atoms with E-state index in [0.717, 1.165) is 22.4 Å². The molecule has 20 heavy (non-hydrogen) atoms. The van der Waals surface area contributed by atoms with Crippen LogP contribution in [0.2, 0.25) is 0 Å². The summed E-state index contributed by atoms with van der Waals surface area (Å²) in [5, 5.41) is 8.85. The molecule has 0 bridgehead atoms. The van der Waals surface area contributed by atoms with E-state index in [0.29, 0.717) is 12.2 Å². The van der Waals surface area contributed by atoms with Crippen LogP contribution in [0.1, 0.15) is 35.2 Å². The standard InChI is InChI=1S/C17H18N2O/c1-12-8-14(10-18)6-7-16(12)11-20-17-5-3-4-15(9-17)13(2)19/h3-9,13H,11,19H2,1-2H3. The first-order valence-electron chi connectivity index (χ1n) is 6.58.